The van der Waals surface area contributed by atoms with Crippen molar-refractivity contribution in [2.24, 2.45) is 5.92 Å². The van der Waals surface area contributed by atoms with E-state index in [-0.39, 0.29) is 0 Å². The van der Waals surface area contributed by atoms with Crippen LogP contribution in [-0.2, 0) is 6.42 Å². The van der Waals surface area contributed by atoms with Gasteiger partial charge in [0.05, 0.1) is 5.52 Å². The van der Waals surface area contributed by atoms with Crippen molar-refractivity contribution in [3.63, 3.8) is 0 Å². The third kappa shape index (κ3) is 3.03. The zero-order valence-electron chi connectivity index (χ0n) is 12.0. The fourth-order valence-electron chi connectivity index (χ4n) is 2.40. The lowest BCUT2D eigenvalue weighted by Crippen LogP contribution is -2.01. The summed E-state index contributed by atoms with van der Waals surface area (Å²) in [4.78, 5) is 13.4. The summed E-state index contributed by atoms with van der Waals surface area (Å²) in [6.07, 6.45) is 2.67. The van der Waals surface area contributed by atoms with Crippen LogP contribution in [0.1, 0.15) is 19.5 Å². The van der Waals surface area contributed by atoms with Gasteiger partial charge in [0.2, 0.25) is 0 Å². The zero-order chi connectivity index (χ0) is 14.8. The Bertz CT molecular complexity index is 779. The quantitative estimate of drug-likeness (QED) is 0.666. The summed E-state index contributed by atoms with van der Waals surface area (Å²) >= 11 is 6.17. The Morgan fingerprint density at radius 3 is 2.71 bits per heavy atom. The summed E-state index contributed by atoms with van der Waals surface area (Å²) in [5.74, 6) is 1.19. The van der Waals surface area contributed by atoms with Crippen molar-refractivity contribution in [2.45, 2.75) is 20.3 Å². The number of para-hydroxylation sites is 1. The molecule has 0 spiro atoms. The number of nitrogens with zero attached hydrogens (tertiary/aromatic N) is 3. The molecular formula is C17H16ClN3. The van der Waals surface area contributed by atoms with Crippen molar-refractivity contribution in [1.82, 2.24) is 15.0 Å². The Kier molecular flexibility index (Phi) is 3.84. The lowest BCUT2D eigenvalue weighted by atomic mass is 10.1. The molecule has 0 bridgehead atoms. The molecule has 0 saturated carbocycles. The Morgan fingerprint density at radius 1 is 1.10 bits per heavy atom. The number of hydrogen-bond acceptors (Lipinski definition) is 3. The highest BCUT2D eigenvalue weighted by molar-refractivity contribution is 6.29. The van der Waals surface area contributed by atoms with Gasteiger partial charge in [0.1, 0.15) is 5.15 Å². The average molecular weight is 298 g/mol. The SMILES string of the molecule is CC(C)Cc1cc(Cl)nc(-c2ccnc3ccccc23)n1. The third-order valence-electron chi connectivity index (χ3n) is 3.26. The largest absolute Gasteiger partial charge is 0.256 e. The number of benzene rings is 1. The molecule has 0 aliphatic rings. The maximum absolute atomic E-state index is 6.17. The van der Waals surface area contributed by atoms with Gasteiger partial charge in [-0.3, -0.25) is 4.98 Å². The summed E-state index contributed by atoms with van der Waals surface area (Å²) in [7, 11) is 0. The monoisotopic (exact) mass is 297 g/mol. The molecule has 0 atom stereocenters. The van der Waals surface area contributed by atoms with E-state index in [1.54, 1.807) is 6.20 Å². The first-order chi connectivity index (χ1) is 10.1. The van der Waals surface area contributed by atoms with Gasteiger partial charge in [0, 0.05) is 22.8 Å². The first-order valence-electron chi connectivity index (χ1n) is 7.01. The molecule has 1 aromatic carbocycles. The molecule has 0 saturated heterocycles. The predicted molar refractivity (Wildman–Crippen MR) is 86.3 cm³/mol. The Morgan fingerprint density at radius 2 is 1.90 bits per heavy atom. The van der Waals surface area contributed by atoms with E-state index in [2.05, 4.69) is 28.8 Å². The Balaban J connectivity index is 2.16. The summed E-state index contributed by atoms with van der Waals surface area (Å²) in [5, 5.41) is 1.52. The van der Waals surface area contributed by atoms with Crippen molar-refractivity contribution in [1.29, 1.82) is 0 Å². The highest BCUT2D eigenvalue weighted by Gasteiger charge is 2.10. The molecule has 0 amide bonds. The minimum absolute atomic E-state index is 0.483. The molecule has 0 N–H and O–H groups in total. The average Bonchev–Trinajstić information content (AvgIpc) is 2.45. The van der Waals surface area contributed by atoms with E-state index in [1.807, 2.05) is 36.4 Å². The lowest BCUT2D eigenvalue weighted by molar-refractivity contribution is 0.634. The molecule has 0 aliphatic heterocycles. The molecule has 4 heteroatoms. The van der Waals surface area contributed by atoms with Crippen LogP contribution in [0.3, 0.4) is 0 Å². The van der Waals surface area contributed by atoms with Crippen LogP contribution in [0.2, 0.25) is 5.15 Å². The maximum atomic E-state index is 6.17. The van der Waals surface area contributed by atoms with Gasteiger partial charge in [-0.1, -0.05) is 43.6 Å². The molecule has 2 aromatic heterocycles. The van der Waals surface area contributed by atoms with E-state index < -0.39 is 0 Å². The van der Waals surface area contributed by atoms with Crippen LogP contribution >= 0.6 is 11.6 Å². The minimum Gasteiger partial charge on any atom is -0.256 e. The van der Waals surface area contributed by atoms with Crippen LogP contribution in [-0.4, -0.2) is 15.0 Å². The molecule has 0 fully saturated rings. The second-order valence-corrected chi connectivity index (χ2v) is 5.87. The van der Waals surface area contributed by atoms with E-state index in [1.165, 1.54) is 0 Å². The van der Waals surface area contributed by atoms with Crippen molar-refractivity contribution in [2.75, 3.05) is 0 Å². The highest BCUT2D eigenvalue weighted by Crippen LogP contribution is 2.26. The van der Waals surface area contributed by atoms with Gasteiger partial charge in [0.25, 0.3) is 0 Å². The number of hydrogen-bond donors (Lipinski definition) is 0. The molecule has 3 rings (SSSR count). The van der Waals surface area contributed by atoms with Gasteiger partial charge in [-0.2, -0.15) is 0 Å². The molecular weight excluding hydrogens is 282 g/mol. The van der Waals surface area contributed by atoms with Gasteiger partial charge in [-0.25, -0.2) is 9.97 Å². The molecule has 0 unspecified atom stereocenters. The van der Waals surface area contributed by atoms with E-state index in [0.717, 1.165) is 28.6 Å². The Labute approximate surface area is 129 Å². The van der Waals surface area contributed by atoms with Crippen molar-refractivity contribution < 1.29 is 0 Å². The van der Waals surface area contributed by atoms with Crippen molar-refractivity contribution in [3.05, 3.63) is 53.4 Å². The number of pyridine rings is 1. The van der Waals surface area contributed by atoms with Crippen LogP contribution in [0, 0.1) is 5.92 Å². The van der Waals surface area contributed by atoms with Crippen LogP contribution in [0.4, 0.5) is 0 Å². The number of aromatic nitrogens is 3. The van der Waals surface area contributed by atoms with Crippen LogP contribution < -0.4 is 0 Å². The molecule has 0 aliphatic carbocycles. The summed E-state index contributed by atoms with van der Waals surface area (Å²) in [6.45, 7) is 4.33. The lowest BCUT2D eigenvalue weighted by Gasteiger charge is -2.09. The molecule has 2 heterocycles. The van der Waals surface area contributed by atoms with Gasteiger partial charge in [-0.05, 0) is 30.5 Å². The number of fused-ring (bicyclic) bond motifs is 1. The zero-order valence-corrected chi connectivity index (χ0v) is 12.8. The fourth-order valence-corrected chi connectivity index (χ4v) is 2.60. The van der Waals surface area contributed by atoms with E-state index in [9.17, 15) is 0 Å². The summed E-state index contributed by atoms with van der Waals surface area (Å²) in [5.41, 5.74) is 2.87. The van der Waals surface area contributed by atoms with Crippen LogP contribution in [0.25, 0.3) is 22.3 Å². The minimum atomic E-state index is 0.483. The van der Waals surface area contributed by atoms with Crippen molar-refractivity contribution in [3.8, 4) is 11.4 Å². The smallest absolute Gasteiger partial charge is 0.161 e. The standard InChI is InChI=1S/C17H16ClN3/c1-11(2)9-12-10-16(18)21-17(20-12)14-7-8-19-15-6-4-3-5-13(14)15/h3-8,10-11H,9H2,1-2H3. The summed E-state index contributed by atoms with van der Waals surface area (Å²) in [6, 6.07) is 11.8. The second kappa shape index (κ2) is 5.78. The first-order valence-corrected chi connectivity index (χ1v) is 7.39. The van der Waals surface area contributed by atoms with Gasteiger partial charge < -0.3 is 0 Å². The second-order valence-electron chi connectivity index (χ2n) is 5.48. The highest BCUT2D eigenvalue weighted by atomic mass is 35.5. The van der Waals surface area contributed by atoms with Gasteiger partial charge >= 0.3 is 0 Å². The maximum Gasteiger partial charge on any atom is 0.161 e. The van der Waals surface area contributed by atoms with E-state index in [0.29, 0.717) is 16.9 Å². The number of rotatable bonds is 3. The molecule has 0 radical (unpaired) electrons. The fraction of sp³-hybridized carbons (Fsp3) is 0.235. The normalized spacial score (nSPS) is 11.2. The molecule has 21 heavy (non-hydrogen) atoms. The van der Waals surface area contributed by atoms with E-state index >= 15 is 0 Å². The number of halogens is 1. The predicted octanol–water partition coefficient (Wildman–Crippen LogP) is 4.54. The third-order valence-corrected chi connectivity index (χ3v) is 3.45. The first kappa shape index (κ1) is 14.0. The van der Waals surface area contributed by atoms with Gasteiger partial charge in [-0.15, -0.1) is 0 Å². The Hall–Kier alpha value is -2.00. The molecule has 3 aromatic rings. The van der Waals surface area contributed by atoms with Gasteiger partial charge in [0.15, 0.2) is 5.82 Å². The van der Waals surface area contributed by atoms with Crippen LogP contribution in [0.5, 0.6) is 0 Å². The topological polar surface area (TPSA) is 38.7 Å². The van der Waals surface area contributed by atoms with E-state index in [4.69, 9.17) is 11.6 Å². The molecule has 3 nitrogen and oxygen atoms in total. The summed E-state index contributed by atoms with van der Waals surface area (Å²) < 4.78 is 0. The molecule has 106 valence electrons. The van der Waals surface area contributed by atoms with Crippen molar-refractivity contribution >= 4 is 22.5 Å². The van der Waals surface area contributed by atoms with Crippen LogP contribution in [0.15, 0.2) is 42.6 Å².